The standard InChI is InChI=1S/C17H19N3O4/c1-24-11-8-6-10(7-9-11)18-17(23)20-19-14-15(21)12-4-2-3-5-13(12)16(14)22/h6-9,12-13,21H,2-5H2,1H3,(H,18,23). The lowest BCUT2D eigenvalue weighted by atomic mass is 9.80. The summed E-state index contributed by atoms with van der Waals surface area (Å²) in [6.45, 7) is 0. The van der Waals surface area contributed by atoms with Crippen LogP contribution in [0, 0.1) is 11.8 Å². The number of anilines is 1. The van der Waals surface area contributed by atoms with Crippen LogP contribution < -0.4 is 10.1 Å². The second-order valence-corrected chi connectivity index (χ2v) is 5.95. The molecule has 1 saturated carbocycles. The minimum atomic E-state index is -0.705. The average Bonchev–Trinajstić information content (AvgIpc) is 2.85. The number of hydrogen-bond donors (Lipinski definition) is 2. The summed E-state index contributed by atoms with van der Waals surface area (Å²) >= 11 is 0. The predicted octanol–water partition coefficient (Wildman–Crippen LogP) is 3.84. The molecule has 126 valence electrons. The summed E-state index contributed by atoms with van der Waals surface area (Å²) in [5.41, 5.74) is 0.459. The Morgan fingerprint density at radius 2 is 1.88 bits per heavy atom. The molecule has 0 saturated heterocycles. The summed E-state index contributed by atoms with van der Waals surface area (Å²) in [7, 11) is 1.55. The van der Waals surface area contributed by atoms with E-state index in [1.165, 1.54) is 0 Å². The highest BCUT2D eigenvalue weighted by molar-refractivity contribution is 6.00. The molecule has 2 unspecified atom stereocenters. The molecule has 24 heavy (non-hydrogen) atoms. The number of aliphatic hydroxyl groups excluding tert-OH is 1. The number of Topliss-reactive ketones (excluding diaryl/α,β-unsaturated/α-hetero) is 1. The van der Waals surface area contributed by atoms with Crippen LogP contribution in [0.25, 0.3) is 0 Å². The number of azo groups is 1. The quantitative estimate of drug-likeness (QED) is 0.823. The second kappa shape index (κ2) is 6.82. The van der Waals surface area contributed by atoms with E-state index in [9.17, 15) is 14.7 Å². The monoisotopic (exact) mass is 329 g/mol. The molecule has 2 aliphatic rings. The van der Waals surface area contributed by atoms with E-state index in [2.05, 4.69) is 15.5 Å². The number of benzene rings is 1. The molecule has 0 aliphatic heterocycles. The molecule has 0 radical (unpaired) electrons. The first kappa shape index (κ1) is 16.2. The van der Waals surface area contributed by atoms with E-state index < -0.39 is 6.03 Å². The van der Waals surface area contributed by atoms with Crippen LogP contribution in [0.4, 0.5) is 10.5 Å². The number of aliphatic hydroxyl groups is 1. The van der Waals surface area contributed by atoms with Crippen LogP contribution in [0.15, 0.2) is 46.0 Å². The van der Waals surface area contributed by atoms with Crippen LogP contribution in [-0.4, -0.2) is 24.0 Å². The molecule has 2 aliphatic carbocycles. The van der Waals surface area contributed by atoms with Crippen LogP contribution in [-0.2, 0) is 4.79 Å². The van der Waals surface area contributed by atoms with Crippen molar-refractivity contribution in [1.82, 2.24) is 0 Å². The fourth-order valence-corrected chi connectivity index (χ4v) is 3.27. The number of nitrogens with one attached hydrogen (secondary N) is 1. The zero-order valence-electron chi connectivity index (χ0n) is 13.4. The molecule has 3 rings (SSSR count). The van der Waals surface area contributed by atoms with Crippen LogP contribution in [0.2, 0.25) is 0 Å². The number of methoxy groups -OCH3 is 1. The molecule has 2 amide bonds. The van der Waals surface area contributed by atoms with Crippen molar-refractivity contribution in [3.8, 4) is 5.75 Å². The van der Waals surface area contributed by atoms with Gasteiger partial charge in [0.1, 0.15) is 11.5 Å². The molecule has 7 nitrogen and oxygen atoms in total. The first-order valence-corrected chi connectivity index (χ1v) is 7.94. The number of fused-ring (bicyclic) bond motifs is 1. The summed E-state index contributed by atoms with van der Waals surface area (Å²) < 4.78 is 5.03. The highest BCUT2D eigenvalue weighted by Crippen LogP contribution is 2.42. The van der Waals surface area contributed by atoms with Crippen molar-refractivity contribution in [3.63, 3.8) is 0 Å². The third kappa shape index (κ3) is 3.15. The maximum absolute atomic E-state index is 12.3. The first-order chi connectivity index (χ1) is 11.6. The lowest BCUT2D eigenvalue weighted by molar-refractivity contribution is -0.120. The molecule has 1 aromatic rings. The van der Waals surface area contributed by atoms with Gasteiger partial charge in [-0.1, -0.05) is 18.0 Å². The molecule has 2 N–H and O–H groups in total. The number of hydrogen-bond acceptors (Lipinski definition) is 5. The number of carbonyl (C=O) groups is 2. The van der Waals surface area contributed by atoms with Gasteiger partial charge in [-0.05, 0) is 37.1 Å². The summed E-state index contributed by atoms with van der Waals surface area (Å²) in [6.07, 6.45) is 3.49. The van der Waals surface area contributed by atoms with Crippen molar-refractivity contribution in [2.75, 3.05) is 12.4 Å². The lowest BCUT2D eigenvalue weighted by Gasteiger charge is -2.23. The van der Waals surface area contributed by atoms with E-state index in [-0.39, 0.29) is 29.1 Å². The van der Waals surface area contributed by atoms with Gasteiger partial charge in [-0.15, -0.1) is 5.11 Å². The number of nitrogens with zero attached hydrogens (tertiary/aromatic N) is 2. The Balaban J connectivity index is 1.67. The molecular formula is C17H19N3O4. The third-order valence-electron chi connectivity index (χ3n) is 4.51. The first-order valence-electron chi connectivity index (χ1n) is 7.94. The predicted molar refractivity (Wildman–Crippen MR) is 87.0 cm³/mol. The smallest absolute Gasteiger partial charge is 0.364 e. The van der Waals surface area contributed by atoms with E-state index in [1.54, 1.807) is 31.4 Å². The maximum atomic E-state index is 12.3. The zero-order valence-corrected chi connectivity index (χ0v) is 13.4. The van der Waals surface area contributed by atoms with E-state index in [1.807, 2.05) is 0 Å². The maximum Gasteiger partial charge on any atom is 0.364 e. The molecule has 0 bridgehead atoms. The van der Waals surface area contributed by atoms with Crippen molar-refractivity contribution in [1.29, 1.82) is 0 Å². The van der Waals surface area contributed by atoms with Crippen LogP contribution in [0.5, 0.6) is 5.75 Å². The lowest BCUT2D eigenvalue weighted by Crippen LogP contribution is -2.21. The van der Waals surface area contributed by atoms with Crippen LogP contribution in [0.1, 0.15) is 25.7 Å². The number of rotatable bonds is 3. The third-order valence-corrected chi connectivity index (χ3v) is 4.51. The van der Waals surface area contributed by atoms with E-state index in [0.29, 0.717) is 11.4 Å². The molecule has 2 atom stereocenters. The number of ether oxygens (including phenoxy) is 1. The summed E-state index contributed by atoms with van der Waals surface area (Å²) in [6, 6.07) is 6.03. The van der Waals surface area contributed by atoms with Gasteiger partial charge in [-0.3, -0.25) is 4.79 Å². The molecule has 7 heteroatoms. The van der Waals surface area contributed by atoms with Crippen molar-refractivity contribution < 1.29 is 19.4 Å². The molecule has 1 fully saturated rings. The number of amides is 2. The number of ketones is 1. The van der Waals surface area contributed by atoms with Gasteiger partial charge in [0.2, 0.25) is 0 Å². The summed E-state index contributed by atoms with van der Waals surface area (Å²) in [5.74, 6) is 0.0648. The van der Waals surface area contributed by atoms with Crippen molar-refractivity contribution in [2.24, 2.45) is 22.1 Å². The average molecular weight is 329 g/mol. The van der Waals surface area contributed by atoms with Gasteiger partial charge in [0, 0.05) is 17.5 Å². The minimum absolute atomic E-state index is 0.0225. The SMILES string of the molecule is COc1ccc(NC(=O)N=NC2=C(O)C3CCCCC3C2=O)cc1. The largest absolute Gasteiger partial charge is 0.510 e. The Labute approximate surface area is 139 Å². The number of urea groups is 1. The molecule has 0 heterocycles. The van der Waals surface area contributed by atoms with Gasteiger partial charge < -0.3 is 15.2 Å². The Bertz CT molecular complexity index is 709. The summed E-state index contributed by atoms with van der Waals surface area (Å²) in [4.78, 5) is 24.1. The highest BCUT2D eigenvalue weighted by Gasteiger charge is 2.43. The minimum Gasteiger partial charge on any atom is -0.510 e. The van der Waals surface area contributed by atoms with E-state index in [4.69, 9.17) is 4.74 Å². The molecule has 0 spiro atoms. The number of carbonyl (C=O) groups excluding carboxylic acids is 2. The normalized spacial score (nSPS) is 23.5. The Hall–Kier alpha value is -2.70. The topological polar surface area (TPSA) is 100 Å². The second-order valence-electron chi connectivity index (χ2n) is 5.95. The van der Waals surface area contributed by atoms with Crippen molar-refractivity contribution >= 4 is 17.5 Å². The van der Waals surface area contributed by atoms with Gasteiger partial charge >= 0.3 is 6.03 Å². The molecule has 0 aromatic heterocycles. The fraction of sp³-hybridized carbons (Fsp3) is 0.412. The van der Waals surface area contributed by atoms with Gasteiger partial charge in [-0.25, -0.2) is 4.79 Å². The highest BCUT2D eigenvalue weighted by atomic mass is 16.5. The van der Waals surface area contributed by atoms with Gasteiger partial charge in [0.15, 0.2) is 11.5 Å². The summed E-state index contributed by atoms with van der Waals surface area (Å²) in [5, 5.41) is 19.9. The molecular weight excluding hydrogens is 310 g/mol. The van der Waals surface area contributed by atoms with Gasteiger partial charge in [0.05, 0.1) is 7.11 Å². The Morgan fingerprint density at radius 3 is 2.50 bits per heavy atom. The van der Waals surface area contributed by atoms with Gasteiger partial charge in [0.25, 0.3) is 0 Å². The van der Waals surface area contributed by atoms with E-state index in [0.717, 1.165) is 25.7 Å². The Morgan fingerprint density at radius 1 is 1.21 bits per heavy atom. The van der Waals surface area contributed by atoms with Crippen LogP contribution in [0.3, 0.4) is 0 Å². The number of allylic oxidation sites excluding steroid dienone is 2. The zero-order chi connectivity index (χ0) is 17.1. The van der Waals surface area contributed by atoms with E-state index >= 15 is 0 Å². The van der Waals surface area contributed by atoms with Gasteiger partial charge in [-0.2, -0.15) is 0 Å². The molecule has 1 aromatic carbocycles. The van der Waals surface area contributed by atoms with Crippen molar-refractivity contribution in [3.05, 3.63) is 35.7 Å². The fourth-order valence-electron chi connectivity index (χ4n) is 3.27. The Kier molecular flexibility index (Phi) is 4.59. The van der Waals surface area contributed by atoms with Crippen LogP contribution >= 0.6 is 0 Å². The van der Waals surface area contributed by atoms with Crippen molar-refractivity contribution in [2.45, 2.75) is 25.7 Å².